The van der Waals surface area contributed by atoms with Crippen molar-refractivity contribution in [2.45, 2.75) is 32.2 Å². The summed E-state index contributed by atoms with van der Waals surface area (Å²) >= 11 is 1.58. The van der Waals surface area contributed by atoms with Crippen molar-refractivity contribution in [1.82, 2.24) is 14.9 Å². The first-order valence-electron chi connectivity index (χ1n) is 6.65. The third kappa shape index (κ3) is 2.54. The fourth-order valence-electron chi connectivity index (χ4n) is 2.60. The number of aryl methyl sites for hydroxylation is 3. The molecule has 0 saturated carbocycles. The Balaban J connectivity index is 1.87. The summed E-state index contributed by atoms with van der Waals surface area (Å²) in [5.41, 5.74) is 5.86. The van der Waals surface area contributed by atoms with Crippen molar-refractivity contribution in [1.29, 1.82) is 0 Å². The van der Waals surface area contributed by atoms with Gasteiger partial charge in [0.2, 0.25) is 5.91 Å². The van der Waals surface area contributed by atoms with Crippen LogP contribution in [0.15, 0.2) is 11.1 Å². The number of nitrogens with one attached hydrogen (secondary N) is 1. The van der Waals surface area contributed by atoms with Gasteiger partial charge in [0.05, 0.1) is 11.7 Å². The summed E-state index contributed by atoms with van der Waals surface area (Å²) in [4.78, 5) is 40.8. The molecule has 2 heterocycles. The number of carbonyl (C=O) groups is 2. The lowest BCUT2D eigenvalue weighted by molar-refractivity contribution is -0.120. The number of hydrogen-bond acceptors (Lipinski definition) is 5. The zero-order valence-electron chi connectivity index (χ0n) is 11.2. The number of primary amides is 1. The molecule has 3 N–H and O–H groups in total. The maximum atomic E-state index is 12.5. The average Bonchev–Trinajstić information content (AvgIpc) is 2.97. The van der Waals surface area contributed by atoms with Gasteiger partial charge in [-0.15, -0.1) is 11.3 Å². The van der Waals surface area contributed by atoms with E-state index in [4.69, 9.17) is 5.73 Å². The molecule has 0 spiro atoms. The second kappa shape index (κ2) is 5.28. The largest absolute Gasteiger partial charge is 0.351 e. The number of thiophene rings is 1. The molecule has 3 rings (SSSR count). The number of fused-ring (bicyclic) bond motifs is 3. The summed E-state index contributed by atoms with van der Waals surface area (Å²) < 4.78 is 1.41. The molecule has 2 aromatic rings. The summed E-state index contributed by atoms with van der Waals surface area (Å²) in [7, 11) is 0. The van der Waals surface area contributed by atoms with Crippen LogP contribution in [0.3, 0.4) is 0 Å². The van der Waals surface area contributed by atoms with Crippen LogP contribution >= 0.6 is 11.3 Å². The average molecular weight is 306 g/mol. The molecule has 0 aliphatic heterocycles. The second-order valence-corrected chi connectivity index (χ2v) is 6.03. The molecule has 3 amide bonds. The van der Waals surface area contributed by atoms with Crippen molar-refractivity contribution in [3.63, 3.8) is 0 Å². The van der Waals surface area contributed by atoms with Gasteiger partial charge in [-0.1, -0.05) is 0 Å². The molecule has 0 aromatic carbocycles. The Labute approximate surface area is 123 Å². The zero-order chi connectivity index (χ0) is 15.0. The number of amides is 3. The van der Waals surface area contributed by atoms with Crippen molar-refractivity contribution in [3.05, 3.63) is 27.1 Å². The lowest BCUT2D eigenvalue weighted by atomic mass is 10.2. The Kier molecular flexibility index (Phi) is 3.46. The van der Waals surface area contributed by atoms with Gasteiger partial charge in [-0.05, 0) is 24.8 Å². The highest BCUT2D eigenvalue weighted by atomic mass is 32.1. The van der Waals surface area contributed by atoms with Crippen LogP contribution in [0.1, 0.15) is 23.3 Å². The minimum Gasteiger partial charge on any atom is -0.351 e. The summed E-state index contributed by atoms with van der Waals surface area (Å²) in [5.74, 6) is -0.509. The van der Waals surface area contributed by atoms with E-state index in [0.29, 0.717) is 5.39 Å². The molecule has 21 heavy (non-hydrogen) atoms. The minimum atomic E-state index is -0.892. The third-order valence-electron chi connectivity index (χ3n) is 3.53. The summed E-state index contributed by atoms with van der Waals surface area (Å²) in [6, 6.07) is -0.892. The second-order valence-electron chi connectivity index (χ2n) is 4.94. The van der Waals surface area contributed by atoms with Crippen LogP contribution in [0, 0.1) is 0 Å². The fourth-order valence-corrected chi connectivity index (χ4v) is 3.82. The predicted molar refractivity (Wildman–Crippen MR) is 78.2 cm³/mol. The monoisotopic (exact) mass is 306 g/mol. The molecule has 7 nitrogen and oxygen atoms in total. The molecular weight excluding hydrogens is 292 g/mol. The van der Waals surface area contributed by atoms with Gasteiger partial charge in [0.15, 0.2) is 0 Å². The number of aromatic nitrogens is 2. The normalized spacial score (nSPS) is 13.3. The molecule has 0 fully saturated rings. The van der Waals surface area contributed by atoms with Crippen LogP contribution in [0.2, 0.25) is 0 Å². The van der Waals surface area contributed by atoms with E-state index in [1.807, 2.05) is 5.32 Å². The first-order valence-corrected chi connectivity index (χ1v) is 7.47. The van der Waals surface area contributed by atoms with Gasteiger partial charge in [0.25, 0.3) is 5.56 Å². The molecule has 0 saturated heterocycles. The van der Waals surface area contributed by atoms with Crippen molar-refractivity contribution in [2.75, 3.05) is 0 Å². The summed E-state index contributed by atoms with van der Waals surface area (Å²) in [5, 5.41) is 2.66. The van der Waals surface area contributed by atoms with Crippen molar-refractivity contribution in [3.8, 4) is 0 Å². The Morgan fingerprint density at radius 3 is 3.00 bits per heavy atom. The van der Waals surface area contributed by atoms with Crippen LogP contribution in [0.4, 0.5) is 4.79 Å². The van der Waals surface area contributed by atoms with E-state index in [-0.39, 0.29) is 18.5 Å². The van der Waals surface area contributed by atoms with Gasteiger partial charge in [-0.25, -0.2) is 9.78 Å². The van der Waals surface area contributed by atoms with E-state index in [0.717, 1.165) is 29.7 Å². The maximum Gasteiger partial charge on any atom is 0.318 e. The van der Waals surface area contributed by atoms with Gasteiger partial charge in [-0.3, -0.25) is 19.5 Å². The van der Waals surface area contributed by atoms with Gasteiger partial charge < -0.3 is 5.73 Å². The Morgan fingerprint density at radius 2 is 2.24 bits per heavy atom. The van der Waals surface area contributed by atoms with Crippen LogP contribution in [-0.2, 0) is 24.2 Å². The van der Waals surface area contributed by atoms with E-state index < -0.39 is 11.9 Å². The predicted octanol–water partition coefficient (Wildman–Crippen LogP) is 0.532. The number of nitrogens with two attached hydrogens (primary N) is 1. The first-order chi connectivity index (χ1) is 10.1. The minimum absolute atomic E-state index is 0.00234. The number of urea groups is 1. The van der Waals surface area contributed by atoms with Crippen LogP contribution in [-0.4, -0.2) is 21.5 Å². The highest BCUT2D eigenvalue weighted by Crippen LogP contribution is 2.34. The molecule has 8 heteroatoms. The SMILES string of the molecule is NC(=O)NC(=O)CCn1cnc2sc3c(c2c1=O)CCC3. The van der Waals surface area contributed by atoms with Crippen molar-refractivity contribution in [2.24, 2.45) is 5.73 Å². The fraction of sp³-hybridized carbons (Fsp3) is 0.385. The molecule has 2 aromatic heterocycles. The first kappa shape index (κ1) is 13.7. The van der Waals surface area contributed by atoms with Crippen molar-refractivity contribution < 1.29 is 9.59 Å². The van der Waals surface area contributed by atoms with Crippen LogP contribution in [0.5, 0.6) is 0 Å². The molecule has 1 aliphatic rings. The number of hydrogen-bond donors (Lipinski definition) is 2. The van der Waals surface area contributed by atoms with E-state index in [1.54, 1.807) is 11.3 Å². The van der Waals surface area contributed by atoms with Crippen LogP contribution in [0.25, 0.3) is 10.2 Å². The molecular formula is C13H14N4O3S. The molecule has 110 valence electrons. The highest BCUT2D eigenvalue weighted by Gasteiger charge is 2.21. The van der Waals surface area contributed by atoms with E-state index in [1.165, 1.54) is 15.8 Å². The van der Waals surface area contributed by atoms with E-state index in [2.05, 4.69) is 4.98 Å². The number of rotatable bonds is 3. The number of imide groups is 1. The Bertz CT molecular complexity index is 793. The van der Waals surface area contributed by atoms with Gasteiger partial charge in [-0.2, -0.15) is 0 Å². The lowest BCUT2D eigenvalue weighted by Crippen LogP contribution is -2.36. The summed E-state index contributed by atoms with van der Waals surface area (Å²) in [6.07, 6.45) is 4.46. The Morgan fingerprint density at radius 1 is 1.43 bits per heavy atom. The zero-order valence-corrected chi connectivity index (χ0v) is 12.0. The maximum absolute atomic E-state index is 12.5. The van der Waals surface area contributed by atoms with E-state index >= 15 is 0 Å². The van der Waals surface area contributed by atoms with Gasteiger partial charge in [0, 0.05) is 17.8 Å². The van der Waals surface area contributed by atoms with E-state index in [9.17, 15) is 14.4 Å². The summed E-state index contributed by atoms with van der Waals surface area (Å²) in [6.45, 7) is 0.172. The standard InChI is InChI=1S/C13H14N4O3S/c14-13(20)16-9(18)4-5-17-6-15-11-10(12(17)19)7-2-1-3-8(7)21-11/h6H,1-5H2,(H3,14,16,18,20). The smallest absolute Gasteiger partial charge is 0.318 e. The Hall–Kier alpha value is -2.22. The number of nitrogens with zero attached hydrogens (tertiary/aromatic N) is 2. The molecule has 0 bridgehead atoms. The third-order valence-corrected chi connectivity index (χ3v) is 4.73. The van der Waals surface area contributed by atoms with Crippen LogP contribution < -0.4 is 16.6 Å². The molecule has 0 atom stereocenters. The molecule has 0 radical (unpaired) electrons. The highest BCUT2D eigenvalue weighted by molar-refractivity contribution is 7.18. The molecule has 0 unspecified atom stereocenters. The number of carbonyl (C=O) groups excluding carboxylic acids is 2. The quantitative estimate of drug-likeness (QED) is 0.862. The topological polar surface area (TPSA) is 107 Å². The lowest BCUT2D eigenvalue weighted by Gasteiger charge is -2.05. The van der Waals surface area contributed by atoms with Gasteiger partial charge in [0.1, 0.15) is 4.83 Å². The van der Waals surface area contributed by atoms with Gasteiger partial charge >= 0.3 is 6.03 Å². The molecule has 1 aliphatic carbocycles. The van der Waals surface area contributed by atoms with Crippen molar-refractivity contribution >= 4 is 33.5 Å².